The number of nitrogens with one attached hydrogen (secondary N) is 1. The highest BCUT2D eigenvalue weighted by Crippen LogP contribution is 2.37. The van der Waals surface area contributed by atoms with E-state index in [4.69, 9.17) is 4.74 Å². The summed E-state index contributed by atoms with van der Waals surface area (Å²) in [7, 11) is 3.35. The molecule has 2 unspecified atom stereocenters. The van der Waals surface area contributed by atoms with Gasteiger partial charge in [0.25, 0.3) is 0 Å². The zero-order valence-corrected chi connectivity index (χ0v) is 13.7. The largest absolute Gasteiger partial charge is 0.497 e. The van der Waals surface area contributed by atoms with Crippen LogP contribution in [0.1, 0.15) is 18.0 Å². The number of nitrogens with zero attached hydrogens (tertiary/aromatic N) is 1. The molecule has 2 atom stereocenters. The van der Waals surface area contributed by atoms with Crippen molar-refractivity contribution in [2.24, 2.45) is 5.92 Å². The molecule has 2 amide bonds. The number of amides is 2. The van der Waals surface area contributed by atoms with E-state index in [9.17, 15) is 9.59 Å². The van der Waals surface area contributed by atoms with E-state index in [-0.39, 0.29) is 24.3 Å². The predicted octanol–water partition coefficient (Wildman–Crippen LogP) is 2.85. The third-order valence-corrected chi connectivity index (χ3v) is 4.42. The number of carbonyl (C=O) groups excluding carboxylic acids is 2. The van der Waals surface area contributed by atoms with Crippen molar-refractivity contribution in [1.29, 1.82) is 0 Å². The lowest BCUT2D eigenvalue weighted by Crippen LogP contribution is -2.29. The maximum atomic E-state index is 12.7. The highest BCUT2D eigenvalue weighted by atomic mass is 16.5. The summed E-state index contributed by atoms with van der Waals surface area (Å²) in [6.45, 7) is 0. The summed E-state index contributed by atoms with van der Waals surface area (Å²) < 4.78 is 5.11. The average molecular weight is 324 g/mol. The Labute approximate surface area is 141 Å². The van der Waals surface area contributed by atoms with Gasteiger partial charge in [-0.3, -0.25) is 9.59 Å². The fraction of sp³-hybridized carbons (Fsp3) is 0.263. The number of carbonyl (C=O) groups is 2. The van der Waals surface area contributed by atoms with Crippen LogP contribution in [0, 0.1) is 5.92 Å². The van der Waals surface area contributed by atoms with Gasteiger partial charge in [0, 0.05) is 19.2 Å². The molecule has 2 aromatic rings. The Morgan fingerprint density at radius 2 is 1.79 bits per heavy atom. The summed E-state index contributed by atoms with van der Waals surface area (Å²) in [5, 5.41) is 2.90. The van der Waals surface area contributed by atoms with E-state index < -0.39 is 5.92 Å². The lowest BCUT2D eigenvalue weighted by molar-refractivity contribution is -0.127. The van der Waals surface area contributed by atoms with Crippen molar-refractivity contribution in [3.63, 3.8) is 0 Å². The first-order chi connectivity index (χ1) is 11.6. The molecule has 3 rings (SSSR count). The van der Waals surface area contributed by atoms with E-state index >= 15 is 0 Å². The molecule has 124 valence electrons. The number of hydrogen-bond acceptors (Lipinski definition) is 3. The number of ether oxygens (including phenoxy) is 1. The molecule has 1 aliphatic rings. The zero-order chi connectivity index (χ0) is 17.1. The first kappa shape index (κ1) is 16.1. The van der Waals surface area contributed by atoms with Crippen LogP contribution < -0.4 is 10.1 Å². The number of hydrogen-bond donors (Lipinski definition) is 1. The van der Waals surface area contributed by atoms with Gasteiger partial charge in [-0.2, -0.15) is 0 Å². The van der Waals surface area contributed by atoms with E-state index in [2.05, 4.69) is 5.32 Å². The van der Waals surface area contributed by atoms with Gasteiger partial charge in [-0.25, -0.2) is 0 Å². The second-order valence-corrected chi connectivity index (χ2v) is 5.89. The Kier molecular flexibility index (Phi) is 4.51. The normalized spacial score (nSPS) is 20.1. The molecular weight excluding hydrogens is 304 g/mol. The molecule has 0 spiro atoms. The van der Waals surface area contributed by atoms with Crippen LogP contribution in [-0.2, 0) is 9.59 Å². The van der Waals surface area contributed by atoms with Crippen molar-refractivity contribution >= 4 is 17.5 Å². The van der Waals surface area contributed by atoms with E-state index in [1.165, 1.54) is 0 Å². The van der Waals surface area contributed by atoms with Crippen LogP contribution in [0.4, 0.5) is 5.69 Å². The fourth-order valence-electron chi connectivity index (χ4n) is 3.12. The Bertz CT molecular complexity index is 728. The fourth-order valence-corrected chi connectivity index (χ4v) is 3.12. The van der Waals surface area contributed by atoms with E-state index in [1.807, 2.05) is 30.3 Å². The Hall–Kier alpha value is -2.82. The summed E-state index contributed by atoms with van der Waals surface area (Å²) in [6.07, 6.45) is 0.220. The lowest BCUT2D eigenvalue weighted by atomic mass is 9.93. The van der Waals surface area contributed by atoms with Crippen LogP contribution in [0.5, 0.6) is 5.75 Å². The van der Waals surface area contributed by atoms with Gasteiger partial charge in [0.2, 0.25) is 11.8 Å². The zero-order valence-electron chi connectivity index (χ0n) is 13.7. The highest BCUT2D eigenvalue weighted by Gasteiger charge is 2.42. The van der Waals surface area contributed by atoms with Crippen LogP contribution in [0.2, 0.25) is 0 Å². The average Bonchev–Trinajstić information content (AvgIpc) is 2.91. The molecule has 5 heteroatoms. The van der Waals surface area contributed by atoms with Crippen LogP contribution in [0.25, 0.3) is 0 Å². The van der Waals surface area contributed by atoms with Gasteiger partial charge in [-0.15, -0.1) is 0 Å². The minimum Gasteiger partial charge on any atom is -0.497 e. The van der Waals surface area contributed by atoms with E-state index in [1.54, 1.807) is 43.3 Å². The number of likely N-dealkylation sites (tertiary alicyclic amines) is 1. The summed E-state index contributed by atoms with van der Waals surface area (Å²) in [4.78, 5) is 26.5. The second kappa shape index (κ2) is 6.74. The minimum atomic E-state index is -0.410. The van der Waals surface area contributed by atoms with Gasteiger partial charge in [-0.05, 0) is 29.8 Å². The van der Waals surface area contributed by atoms with Gasteiger partial charge in [-0.1, -0.05) is 30.3 Å². The van der Waals surface area contributed by atoms with Crippen LogP contribution in [0.15, 0.2) is 54.6 Å². The van der Waals surface area contributed by atoms with Gasteiger partial charge in [0.15, 0.2) is 0 Å². The van der Waals surface area contributed by atoms with E-state index in [0.29, 0.717) is 5.69 Å². The topological polar surface area (TPSA) is 58.6 Å². The maximum absolute atomic E-state index is 12.7. The van der Waals surface area contributed by atoms with E-state index in [0.717, 1.165) is 11.3 Å². The van der Waals surface area contributed by atoms with Crippen molar-refractivity contribution in [3.05, 3.63) is 60.2 Å². The van der Waals surface area contributed by atoms with Crippen molar-refractivity contribution in [1.82, 2.24) is 4.90 Å². The number of benzene rings is 2. The Morgan fingerprint density at radius 3 is 2.42 bits per heavy atom. The minimum absolute atomic E-state index is 0.0151. The predicted molar refractivity (Wildman–Crippen MR) is 91.7 cm³/mol. The molecule has 0 aliphatic carbocycles. The molecule has 0 aromatic heterocycles. The quantitative estimate of drug-likeness (QED) is 0.941. The Balaban J connectivity index is 1.80. The van der Waals surface area contributed by atoms with Crippen molar-refractivity contribution in [2.45, 2.75) is 12.5 Å². The van der Waals surface area contributed by atoms with Gasteiger partial charge in [0.05, 0.1) is 19.1 Å². The summed E-state index contributed by atoms with van der Waals surface area (Å²) in [5.41, 5.74) is 1.66. The molecule has 1 aliphatic heterocycles. The first-order valence-electron chi connectivity index (χ1n) is 7.85. The van der Waals surface area contributed by atoms with Gasteiger partial charge >= 0.3 is 0 Å². The van der Waals surface area contributed by atoms with Gasteiger partial charge in [0.1, 0.15) is 5.75 Å². The Morgan fingerprint density at radius 1 is 1.12 bits per heavy atom. The number of rotatable bonds is 4. The van der Waals surface area contributed by atoms with Gasteiger partial charge < -0.3 is 15.0 Å². The lowest BCUT2D eigenvalue weighted by Gasteiger charge is -2.25. The summed E-state index contributed by atoms with van der Waals surface area (Å²) >= 11 is 0. The monoisotopic (exact) mass is 324 g/mol. The molecular formula is C19H20N2O3. The molecule has 24 heavy (non-hydrogen) atoms. The van der Waals surface area contributed by atoms with Crippen LogP contribution in [0.3, 0.4) is 0 Å². The van der Waals surface area contributed by atoms with Crippen molar-refractivity contribution in [2.75, 3.05) is 19.5 Å². The third kappa shape index (κ3) is 3.11. The highest BCUT2D eigenvalue weighted by molar-refractivity contribution is 5.97. The molecule has 0 radical (unpaired) electrons. The second-order valence-electron chi connectivity index (χ2n) is 5.89. The molecule has 1 saturated heterocycles. The molecule has 1 fully saturated rings. The molecule has 1 heterocycles. The number of methoxy groups -OCH3 is 1. The standard InChI is InChI=1S/C19H20N2O3/c1-21-17(22)12-16(18(21)13-6-4-3-5-7-13)19(23)20-14-8-10-15(24-2)11-9-14/h3-11,16,18H,12H2,1-2H3,(H,20,23). The van der Waals surface area contributed by atoms with Crippen molar-refractivity contribution < 1.29 is 14.3 Å². The van der Waals surface area contributed by atoms with Crippen LogP contribution in [-0.4, -0.2) is 30.9 Å². The summed E-state index contributed by atoms with van der Waals surface area (Å²) in [5.74, 6) is 0.156. The molecule has 2 aromatic carbocycles. The summed E-state index contributed by atoms with van der Waals surface area (Å²) in [6, 6.07) is 16.6. The molecule has 5 nitrogen and oxygen atoms in total. The smallest absolute Gasteiger partial charge is 0.230 e. The van der Waals surface area contributed by atoms with Crippen molar-refractivity contribution in [3.8, 4) is 5.75 Å². The molecule has 0 saturated carbocycles. The first-order valence-corrected chi connectivity index (χ1v) is 7.85. The third-order valence-electron chi connectivity index (χ3n) is 4.42. The van der Waals surface area contributed by atoms with Crippen LogP contribution >= 0.6 is 0 Å². The SMILES string of the molecule is COc1ccc(NC(=O)C2CC(=O)N(C)C2c2ccccc2)cc1. The molecule has 0 bridgehead atoms. The number of anilines is 1. The molecule has 1 N–H and O–H groups in total. The maximum Gasteiger partial charge on any atom is 0.230 e.